The quantitative estimate of drug-likeness (QED) is 0.558. The Hall–Kier alpha value is -1.58. The number of esters is 1. The fourth-order valence-corrected chi connectivity index (χ4v) is 1.65. The van der Waals surface area contributed by atoms with Crippen LogP contribution in [0.15, 0.2) is 16.5 Å². The van der Waals surface area contributed by atoms with Gasteiger partial charge < -0.3 is 9.15 Å². The first-order valence-electron chi connectivity index (χ1n) is 4.97. The van der Waals surface area contributed by atoms with Gasteiger partial charge in [0, 0.05) is 5.92 Å². The van der Waals surface area contributed by atoms with Crippen LogP contribution < -0.4 is 0 Å². The Morgan fingerprint density at radius 2 is 2.47 bits per heavy atom. The number of carbonyl (C=O) groups excluding carboxylic acids is 2. The zero-order valence-corrected chi connectivity index (χ0v) is 8.43. The van der Waals surface area contributed by atoms with Crippen LogP contribution in [-0.2, 0) is 9.53 Å². The van der Waals surface area contributed by atoms with E-state index >= 15 is 0 Å². The average molecular weight is 208 g/mol. The topological polar surface area (TPSA) is 56.5 Å². The molecule has 4 nitrogen and oxygen atoms in total. The Bertz CT molecular complexity index is 380. The van der Waals surface area contributed by atoms with Crippen molar-refractivity contribution in [2.24, 2.45) is 5.92 Å². The molecule has 2 atom stereocenters. The number of hydrogen-bond acceptors (Lipinski definition) is 4. The van der Waals surface area contributed by atoms with Gasteiger partial charge in [-0.25, -0.2) is 0 Å². The van der Waals surface area contributed by atoms with Gasteiger partial charge in [-0.3, -0.25) is 9.59 Å². The smallest absolute Gasteiger partial charge is 0.309 e. The molecule has 15 heavy (non-hydrogen) atoms. The number of hydrogen-bond donors (Lipinski definition) is 0. The van der Waals surface area contributed by atoms with Crippen LogP contribution in [0.3, 0.4) is 0 Å². The molecule has 80 valence electrons. The molecule has 4 heteroatoms. The molecule has 1 fully saturated rings. The normalized spacial score (nSPS) is 23.5. The molecule has 1 aromatic heterocycles. The van der Waals surface area contributed by atoms with Gasteiger partial charge in [0.1, 0.15) is 5.76 Å². The summed E-state index contributed by atoms with van der Waals surface area (Å²) in [5.41, 5.74) is 0. The molecule has 1 saturated carbocycles. The van der Waals surface area contributed by atoms with Gasteiger partial charge >= 0.3 is 5.97 Å². The summed E-state index contributed by atoms with van der Waals surface area (Å²) in [6, 6.07) is 3.36. The van der Waals surface area contributed by atoms with Crippen molar-refractivity contribution in [1.29, 1.82) is 0 Å². The van der Waals surface area contributed by atoms with Crippen LogP contribution in [0.4, 0.5) is 0 Å². The highest BCUT2D eigenvalue weighted by molar-refractivity contribution is 5.77. The van der Waals surface area contributed by atoms with Gasteiger partial charge in [0.05, 0.1) is 12.5 Å². The van der Waals surface area contributed by atoms with Gasteiger partial charge in [0.15, 0.2) is 12.0 Å². The zero-order chi connectivity index (χ0) is 10.8. The fraction of sp³-hybridized carbons (Fsp3) is 0.455. The largest absolute Gasteiger partial charge is 0.466 e. The Morgan fingerprint density at radius 1 is 1.67 bits per heavy atom. The number of ether oxygens (including phenoxy) is 1. The van der Waals surface area contributed by atoms with E-state index in [1.165, 1.54) is 0 Å². The molecule has 1 heterocycles. The van der Waals surface area contributed by atoms with E-state index in [4.69, 9.17) is 9.15 Å². The summed E-state index contributed by atoms with van der Waals surface area (Å²) in [5.74, 6) is 0.842. The van der Waals surface area contributed by atoms with Crippen molar-refractivity contribution in [3.63, 3.8) is 0 Å². The summed E-state index contributed by atoms with van der Waals surface area (Å²) >= 11 is 0. The minimum atomic E-state index is -0.174. The third kappa shape index (κ3) is 1.93. The molecule has 0 radical (unpaired) electrons. The lowest BCUT2D eigenvalue weighted by atomic mass is 10.2. The van der Waals surface area contributed by atoms with Crippen LogP contribution in [0, 0.1) is 5.92 Å². The van der Waals surface area contributed by atoms with Crippen LogP contribution in [0.2, 0.25) is 0 Å². The van der Waals surface area contributed by atoms with Gasteiger partial charge in [-0.1, -0.05) is 0 Å². The molecule has 2 rings (SSSR count). The van der Waals surface area contributed by atoms with Gasteiger partial charge in [0.25, 0.3) is 0 Å². The lowest BCUT2D eigenvalue weighted by Gasteiger charge is -1.98. The summed E-state index contributed by atoms with van der Waals surface area (Å²) in [7, 11) is 0. The van der Waals surface area contributed by atoms with E-state index in [0.29, 0.717) is 24.4 Å². The first-order valence-corrected chi connectivity index (χ1v) is 4.97. The second-order valence-corrected chi connectivity index (χ2v) is 3.56. The first kappa shape index (κ1) is 9.96. The molecule has 0 aliphatic heterocycles. The fourth-order valence-electron chi connectivity index (χ4n) is 1.65. The predicted molar refractivity (Wildman–Crippen MR) is 51.6 cm³/mol. The highest BCUT2D eigenvalue weighted by Gasteiger charge is 2.47. The molecule has 0 unspecified atom stereocenters. The van der Waals surface area contributed by atoms with Gasteiger partial charge in [-0.15, -0.1) is 0 Å². The molecular weight excluding hydrogens is 196 g/mol. The summed E-state index contributed by atoms with van der Waals surface area (Å²) in [5, 5.41) is 0. The Balaban J connectivity index is 1.98. The summed E-state index contributed by atoms with van der Waals surface area (Å²) in [6.07, 6.45) is 1.41. The summed E-state index contributed by atoms with van der Waals surface area (Å²) in [4.78, 5) is 21.7. The van der Waals surface area contributed by atoms with E-state index in [0.717, 1.165) is 6.42 Å². The Kier molecular flexibility index (Phi) is 2.58. The van der Waals surface area contributed by atoms with Crippen molar-refractivity contribution in [2.75, 3.05) is 6.61 Å². The number of rotatable bonds is 4. The van der Waals surface area contributed by atoms with E-state index in [-0.39, 0.29) is 17.8 Å². The standard InChI is InChI=1S/C11H12O4/c1-2-14-11(13)9-5-8(9)10-4-3-7(6-12)15-10/h3-4,6,8-9H,2,5H2,1H3/t8-,9-/m1/s1. The molecule has 0 aromatic carbocycles. The maximum absolute atomic E-state index is 11.3. The molecule has 1 aromatic rings. The van der Waals surface area contributed by atoms with Crippen molar-refractivity contribution in [1.82, 2.24) is 0 Å². The van der Waals surface area contributed by atoms with Crippen LogP contribution in [0.25, 0.3) is 0 Å². The Labute approximate surface area is 87.2 Å². The lowest BCUT2D eigenvalue weighted by Crippen LogP contribution is -2.06. The molecule has 0 saturated heterocycles. The number of aldehydes is 1. The van der Waals surface area contributed by atoms with Crippen molar-refractivity contribution in [3.8, 4) is 0 Å². The highest BCUT2D eigenvalue weighted by atomic mass is 16.5. The predicted octanol–water partition coefficient (Wildman–Crippen LogP) is 1.76. The number of furan rings is 1. The van der Waals surface area contributed by atoms with Gasteiger partial charge in [-0.05, 0) is 25.5 Å². The molecule has 1 aliphatic rings. The highest BCUT2D eigenvalue weighted by Crippen LogP contribution is 2.48. The second-order valence-electron chi connectivity index (χ2n) is 3.56. The van der Waals surface area contributed by atoms with Crippen molar-refractivity contribution in [2.45, 2.75) is 19.3 Å². The monoisotopic (exact) mass is 208 g/mol. The molecule has 0 spiro atoms. The lowest BCUT2D eigenvalue weighted by molar-refractivity contribution is -0.144. The third-order valence-corrected chi connectivity index (χ3v) is 2.51. The van der Waals surface area contributed by atoms with Crippen molar-refractivity contribution in [3.05, 3.63) is 23.7 Å². The van der Waals surface area contributed by atoms with Crippen LogP contribution in [-0.4, -0.2) is 18.9 Å². The molecule has 0 amide bonds. The van der Waals surface area contributed by atoms with E-state index in [1.54, 1.807) is 19.1 Å². The van der Waals surface area contributed by atoms with Gasteiger partial charge in [-0.2, -0.15) is 0 Å². The van der Waals surface area contributed by atoms with Crippen molar-refractivity contribution < 1.29 is 18.7 Å². The molecule has 1 aliphatic carbocycles. The maximum atomic E-state index is 11.3. The van der Waals surface area contributed by atoms with Crippen LogP contribution >= 0.6 is 0 Å². The average Bonchev–Trinajstić information content (AvgIpc) is 2.90. The zero-order valence-electron chi connectivity index (χ0n) is 8.43. The molecular formula is C11H12O4. The van der Waals surface area contributed by atoms with E-state index < -0.39 is 0 Å². The van der Waals surface area contributed by atoms with E-state index in [2.05, 4.69) is 0 Å². The van der Waals surface area contributed by atoms with Crippen molar-refractivity contribution >= 4 is 12.3 Å². The summed E-state index contributed by atoms with van der Waals surface area (Å²) < 4.78 is 10.1. The van der Waals surface area contributed by atoms with Crippen LogP contribution in [0.5, 0.6) is 0 Å². The van der Waals surface area contributed by atoms with Crippen LogP contribution in [0.1, 0.15) is 35.6 Å². The first-order chi connectivity index (χ1) is 7.26. The van der Waals surface area contributed by atoms with E-state index in [9.17, 15) is 9.59 Å². The third-order valence-electron chi connectivity index (χ3n) is 2.51. The summed E-state index contributed by atoms with van der Waals surface area (Å²) in [6.45, 7) is 2.19. The second kappa shape index (κ2) is 3.88. The maximum Gasteiger partial charge on any atom is 0.309 e. The SMILES string of the molecule is CCOC(=O)[C@@H]1C[C@H]1c1ccc(C=O)o1. The minimum absolute atomic E-state index is 0.0874. The minimum Gasteiger partial charge on any atom is -0.466 e. The van der Waals surface area contributed by atoms with E-state index in [1.807, 2.05) is 0 Å². The molecule has 0 bridgehead atoms. The number of carbonyl (C=O) groups is 2. The Morgan fingerprint density at radius 3 is 3.07 bits per heavy atom. The van der Waals surface area contributed by atoms with Gasteiger partial charge in [0.2, 0.25) is 0 Å². The molecule has 0 N–H and O–H groups in total.